The van der Waals surface area contributed by atoms with Gasteiger partial charge in [0.25, 0.3) is 0 Å². The fourth-order valence-electron chi connectivity index (χ4n) is 3.07. The molecule has 1 N–H and O–H groups in total. The molecule has 2 aromatic rings. The molecule has 0 aliphatic carbocycles. The Balaban J connectivity index is 1.59. The summed E-state index contributed by atoms with van der Waals surface area (Å²) in [5.74, 6) is 4.73. The zero-order valence-corrected chi connectivity index (χ0v) is 16.1. The van der Waals surface area contributed by atoms with E-state index in [9.17, 15) is 17.6 Å². The van der Waals surface area contributed by atoms with Crippen LogP contribution in [0.3, 0.4) is 0 Å². The molecule has 0 saturated carbocycles. The Hall–Kier alpha value is -2.69. The van der Waals surface area contributed by atoms with Gasteiger partial charge in [0.2, 0.25) is 15.9 Å². The third-order valence-electron chi connectivity index (χ3n) is 4.56. The molecule has 0 radical (unpaired) electrons. The maximum atomic E-state index is 13.1. The third kappa shape index (κ3) is 4.97. The minimum atomic E-state index is -3.75. The zero-order valence-electron chi connectivity index (χ0n) is 15.3. The van der Waals surface area contributed by atoms with Crippen molar-refractivity contribution in [1.29, 1.82) is 0 Å². The van der Waals surface area contributed by atoms with Gasteiger partial charge >= 0.3 is 0 Å². The number of nitrogens with one attached hydrogen (secondary N) is 1. The molecule has 1 amide bonds. The molecule has 1 aliphatic rings. The number of carbonyl (C=O) groups is 1. The van der Waals surface area contributed by atoms with Crippen LogP contribution in [0.15, 0.2) is 59.5 Å². The molecule has 7 heteroatoms. The van der Waals surface area contributed by atoms with Crippen molar-refractivity contribution >= 4 is 15.9 Å². The second-order valence-corrected chi connectivity index (χ2v) is 8.48. The number of hydrogen-bond donors (Lipinski definition) is 1. The number of halogens is 1. The highest BCUT2D eigenvalue weighted by Gasteiger charge is 2.33. The average molecular weight is 400 g/mol. The van der Waals surface area contributed by atoms with Crippen LogP contribution < -0.4 is 5.32 Å². The van der Waals surface area contributed by atoms with Crippen LogP contribution in [0.4, 0.5) is 4.39 Å². The largest absolute Gasteiger partial charge is 0.345 e. The Bertz CT molecular complexity index is 980. The van der Waals surface area contributed by atoms with Crippen molar-refractivity contribution in [2.45, 2.75) is 17.7 Å². The van der Waals surface area contributed by atoms with E-state index in [4.69, 9.17) is 0 Å². The molecule has 1 fully saturated rings. The van der Waals surface area contributed by atoms with Crippen LogP contribution in [0.25, 0.3) is 0 Å². The van der Waals surface area contributed by atoms with E-state index in [1.807, 2.05) is 30.3 Å². The Kier molecular flexibility index (Phi) is 6.45. The second kappa shape index (κ2) is 9.00. The summed E-state index contributed by atoms with van der Waals surface area (Å²) in [7, 11) is -3.75. The van der Waals surface area contributed by atoms with E-state index in [0.717, 1.165) is 17.7 Å². The van der Waals surface area contributed by atoms with Crippen molar-refractivity contribution in [2.24, 2.45) is 5.92 Å². The zero-order chi connectivity index (χ0) is 20.0. The minimum Gasteiger partial charge on any atom is -0.345 e. The lowest BCUT2D eigenvalue weighted by Gasteiger charge is -2.31. The van der Waals surface area contributed by atoms with Crippen molar-refractivity contribution in [1.82, 2.24) is 9.62 Å². The van der Waals surface area contributed by atoms with E-state index >= 15 is 0 Å². The predicted octanol–water partition coefficient (Wildman–Crippen LogP) is 2.39. The predicted molar refractivity (Wildman–Crippen MR) is 104 cm³/mol. The Morgan fingerprint density at radius 1 is 1.14 bits per heavy atom. The van der Waals surface area contributed by atoms with E-state index in [1.54, 1.807) is 0 Å². The number of piperidine rings is 1. The third-order valence-corrected chi connectivity index (χ3v) is 6.44. The fourth-order valence-corrected chi connectivity index (χ4v) is 4.60. The normalized spacial score (nSPS) is 17.4. The van der Waals surface area contributed by atoms with Gasteiger partial charge in [0.1, 0.15) is 5.82 Å². The summed E-state index contributed by atoms with van der Waals surface area (Å²) in [5, 5.41) is 2.76. The summed E-state index contributed by atoms with van der Waals surface area (Å²) in [4.78, 5) is 12.4. The number of benzene rings is 2. The SMILES string of the molecule is O=C(NCC#Cc1ccccc1)C1CCCN(S(=O)(=O)c2ccc(F)cc2)C1. The average Bonchev–Trinajstić information content (AvgIpc) is 2.72. The van der Waals surface area contributed by atoms with Crippen LogP contribution in [-0.4, -0.2) is 38.3 Å². The standard InChI is InChI=1S/C21H21FN2O3S/c22-19-10-12-20(13-11-19)28(26,27)24-15-5-9-18(16-24)21(25)23-14-4-8-17-6-2-1-3-7-17/h1-3,6-7,10-13,18H,5,9,14-16H2,(H,23,25). The molecule has 146 valence electrons. The highest BCUT2D eigenvalue weighted by molar-refractivity contribution is 7.89. The first-order valence-corrected chi connectivity index (χ1v) is 10.5. The van der Waals surface area contributed by atoms with E-state index in [2.05, 4.69) is 17.2 Å². The molecule has 0 spiro atoms. The summed E-state index contributed by atoms with van der Waals surface area (Å²) < 4.78 is 39.8. The van der Waals surface area contributed by atoms with Gasteiger partial charge in [0.05, 0.1) is 17.4 Å². The maximum Gasteiger partial charge on any atom is 0.243 e. The van der Waals surface area contributed by atoms with Crippen LogP contribution in [0.1, 0.15) is 18.4 Å². The van der Waals surface area contributed by atoms with E-state index in [-0.39, 0.29) is 23.9 Å². The van der Waals surface area contributed by atoms with E-state index in [0.29, 0.717) is 19.4 Å². The van der Waals surface area contributed by atoms with Crippen LogP contribution in [0.2, 0.25) is 0 Å². The molecule has 0 aromatic heterocycles. The fraction of sp³-hybridized carbons (Fsp3) is 0.286. The quantitative estimate of drug-likeness (QED) is 0.802. The highest BCUT2D eigenvalue weighted by atomic mass is 32.2. The molecule has 1 atom stereocenters. The van der Waals surface area contributed by atoms with Gasteiger partial charge in [-0.1, -0.05) is 30.0 Å². The number of amides is 1. The molecule has 1 heterocycles. The molecular formula is C21H21FN2O3S. The number of sulfonamides is 1. The monoisotopic (exact) mass is 400 g/mol. The first-order chi connectivity index (χ1) is 13.5. The lowest BCUT2D eigenvalue weighted by atomic mass is 9.99. The van der Waals surface area contributed by atoms with Crippen molar-refractivity contribution in [3.8, 4) is 11.8 Å². The number of hydrogen-bond acceptors (Lipinski definition) is 3. The summed E-state index contributed by atoms with van der Waals surface area (Å²) in [6.45, 7) is 0.657. The smallest absolute Gasteiger partial charge is 0.243 e. The van der Waals surface area contributed by atoms with Crippen LogP contribution >= 0.6 is 0 Å². The topological polar surface area (TPSA) is 66.5 Å². The first-order valence-electron chi connectivity index (χ1n) is 9.04. The van der Waals surface area contributed by atoms with Gasteiger partial charge in [-0.2, -0.15) is 4.31 Å². The van der Waals surface area contributed by atoms with E-state index in [1.165, 1.54) is 16.4 Å². The molecule has 1 unspecified atom stereocenters. The van der Waals surface area contributed by atoms with Gasteiger partial charge in [-0.15, -0.1) is 0 Å². The Labute approximate surface area is 164 Å². The maximum absolute atomic E-state index is 13.1. The summed E-state index contributed by atoms with van der Waals surface area (Å²) >= 11 is 0. The molecule has 3 rings (SSSR count). The lowest BCUT2D eigenvalue weighted by Crippen LogP contribution is -2.45. The lowest BCUT2D eigenvalue weighted by molar-refractivity contribution is -0.125. The summed E-state index contributed by atoms with van der Waals surface area (Å²) in [5.41, 5.74) is 0.867. The Morgan fingerprint density at radius 3 is 2.57 bits per heavy atom. The number of nitrogens with zero attached hydrogens (tertiary/aromatic N) is 1. The van der Waals surface area contributed by atoms with Gasteiger partial charge in [0, 0.05) is 18.7 Å². The second-order valence-electron chi connectivity index (χ2n) is 6.54. The summed E-state index contributed by atoms with van der Waals surface area (Å²) in [6, 6.07) is 14.2. The Morgan fingerprint density at radius 2 is 1.86 bits per heavy atom. The van der Waals surface area contributed by atoms with Crippen LogP contribution in [0, 0.1) is 23.6 Å². The van der Waals surface area contributed by atoms with E-state index < -0.39 is 21.8 Å². The van der Waals surface area contributed by atoms with Crippen LogP contribution in [0.5, 0.6) is 0 Å². The molecular weight excluding hydrogens is 379 g/mol. The van der Waals surface area contributed by atoms with Crippen molar-refractivity contribution in [3.63, 3.8) is 0 Å². The first kappa shape index (κ1) is 20.1. The molecule has 1 saturated heterocycles. The number of carbonyl (C=O) groups excluding carboxylic acids is 1. The molecule has 2 aromatic carbocycles. The van der Waals surface area contributed by atoms with Gasteiger partial charge in [-0.05, 0) is 49.2 Å². The number of rotatable bonds is 4. The van der Waals surface area contributed by atoms with Gasteiger partial charge < -0.3 is 5.32 Å². The van der Waals surface area contributed by atoms with Gasteiger partial charge in [-0.25, -0.2) is 12.8 Å². The molecule has 0 bridgehead atoms. The van der Waals surface area contributed by atoms with Gasteiger partial charge in [0.15, 0.2) is 0 Å². The van der Waals surface area contributed by atoms with Crippen molar-refractivity contribution in [2.75, 3.05) is 19.6 Å². The van der Waals surface area contributed by atoms with Crippen molar-refractivity contribution < 1.29 is 17.6 Å². The van der Waals surface area contributed by atoms with Crippen LogP contribution in [-0.2, 0) is 14.8 Å². The highest BCUT2D eigenvalue weighted by Crippen LogP contribution is 2.24. The summed E-state index contributed by atoms with van der Waals surface area (Å²) in [6.07, 6.45) is 1.21. The molecule has 5 nitrogen and oxygen atoms in total. The van der Waals surface area contributed by atoms with Crippen molar-refractivity contribution in [3.05, 3.63) is 66.0 Å². The molecule has 1 aliphatic heterocycles. The minimum absolute atomic E-state index is 0.0312. The van der Waals surface area contributed by atoms with Gasteiger partial charge in [-0.3, -0.25) is 4.79 Å². The molecule has 28 heavy (non-hydrogen) atoms.